The summed E-state index contributed by atoms with van der Waals surface area (Å²) in [7, 11) is -3.81. The molecule has 0 aliphatic carbocycles. The van der Waals surface area contributed by atoms with Gasteiger partial charge < -0.3 is 5.32 Å². The Hall–Kier alpha value is -2.71. The Balaban J connectivity index is 1.81. The van der Waals surface area contributed by atoms with E-state index in [-0.39, 0.29) is 21.8 Å². The summed E-state index contributed by atoms with van der Waals surface area (Å²) in [6, 6.07) is 16.5. The first-order valence-corrected chi connectivity index (χ1v) is 10.5. The van der Waals surface area contributed by atoms with Gasteiger partial charge in [0.25, 0.3) is 15.9 Å². The van der Waals surface area contributed by atoms with Crippen LogP contribution in [0.4, 0.5) is 15.8 Å². The van der Waals surface area contributed by atoms with Crippen molar-refractivity contribution in [2.24, 2.45) is 0 Å². The second-order valence-electron chi connectivity index (χ2n) is 6.08. The molecule has 3 aromatic carbocycles. The van der Waals surface area contributed by atoms with Crippen LogP contribution in [0, 0.1) is 12.7 Å². The van der Waals surface area contributed by atoms with E-state index in [0.29, 0.717) is 0 Å². The summed E-state index contributed by atoms with van der Waals surface area (Å²) < 4.78 is 42.0. The van der Waals surface area contributed by atoms with Gasteiger partial charge in [0.1, 0.15) is 5.82 Å². The van der Waals surface area contributed by atoms with E-state index >= 15 is 0 Å². The van der Waals surface area contributed by atoms with Crippen LogP contribution in [0.3, 0.4) is 0 Å². The average molecular weight is 463 g/mol. The lowest BCUT2D eigenvalue weighted by atomic mass is 10.1. The van der Waals surface area contributed by atoms with Gasteiger partial charge >= 0.3 is 0 Å². The van der Waals surface area contributed by atoms with Gasteiger partial charge in [0.2, 0.25) is 0 Å². The fourth-order valence-electron chi connectivity index (χ4n) is 2.48. The van der Waals surface area contributed by atoms with Gasteiger partial charge in [-0.05, 0) is 67.1 Å². The predicted molar refractivity (Wildman–Crippen MR) is 110 cm³/mol. The number of amides is 1. The first kappa shape index (κ1) is 20.0. The number of carbonyl (C=O) groups is 1. The van der Waals surface area contributed by atoms with Crippen molar-refractivity contribution in [2.75, 3.05) is 10.0 Å². The molecule has 0 unspecified atom stereocenters. The molecule has 0 radical (unpaired) electrons. The Bertz CT molecular complexity index is 1130. The largest absolute Gasteiger partial charge is 0.319 e. The van der Waals surface area contributed by atoms with Crippen LogP contribution in [-0.2, 0) is 10.0 Å². The molecule has 3 aromatic rings. The molecular weight excluding hydrogens is 447 g/mol. The average Bonchev–Trinajstić information content (AvgIpc) is 2.65. The molecule has 1 amide bonds. The Morgan fingerprint density at radius 2 is 1.71 bits per heavy atom. The Labute approximate surface area is 170 Å². The minimum atomic E-state index is -3.81. The third-order valence-corrected chi connectivity index (χ3v) is 5.80. The number of halogens is 2. The maximum absolute atomic E-state index is 13.9. The lowest BCUT2D eigenvalue weighted by Gasteiger charge is -2.11. The Morgan fingerprint density at radius 3 is 2.43 bits per heavy atom. The zero-order chi connectivity index (χ0) is 20.3. The molecule has 0 aliphatic heterocycles. The van der Waals surface area contributed by atoms with Gasteiger partial charge in [0.15, 0.2) is 0 Å². The third kappa shape index (κ3) is 4.76. The number of carbonyl (C=O) groups excluding carboxylic acids is 1. The van der Waals surface area contributed by atoms with Crippen LogP contribution in [-0.4, -0.2) is 14.3 Å². The molecule has 3 rings (SSSR count). The monoisotopic (exact) mass is 462 g/mol. The van der Waals surface area contributed by atoms with Gasteiger partial charge in [-0.3, -0.25) is 9.52 Å². The van der Waals surface area contributed by atoms with Crippen molar-refractivity contribution >= 4 is 43.2 Å². The quantitative estimate of drug-likeness (QED) is 0.563. The van der Waals surface area contributed by atoms with E-state index in [1.165, 1.54) is 42.5 Å². The standard InChI is InChI=1S/C20H16BrFN2O3S/c1-13-5-10-18(22)19(11-13)23-20(25)14-3-2-4-16(12-14)24-28(26,27)17-8-6-15(21)7-9-17/h2-12,24H,1H3,(H,23,25). The smallest absolute Gasteiger partial charge is 0.261 e. The Kier molecular flexibility index (Phi) is 5.81. The Morgan fingerprint density at radius 1 is 1.00 bits per heavy atom. The molecule has 0 aliphatic rings. The molecule has 2 N–H and O–H groups in total. The van der Waals surface area contributed by atoms with E-state index in [1.807, 2.05) is 0 Å². The summed E-state index contributed by atoms with van der Waals surface area (Å²) in [6.07, 6.45) is 0. The first-order chi connectivity index (χ1) is 13.2. The number of hydrogen-bond donors (Lipinski definition) is 2. The highest BCUT2D eigenvalue weighted by molar-refractivity contribution is 9.10. The summed E-state index contributed by atoms with van der Waals surface area (Å²) in [5.41, 5.74) is 1.27. The molecule has 0 saturated heterocycles. The maximum Gasteiger partial charge on any atom is 0.261 e. The van der Waals surface area contributed by atoms with Crippen LogP contribution in [0.25, 0.3) is 0 Å². The molecule has 144 valence electrons. The van der Waals surface area contributed by atoms with Gasteiger partial charge in [-0.15, -0.1) is 0 Å². The highest BCUT2D eigenvalue weighted by Gasteiger charge is 2.15. The predicted octanol–water partition coefficient (Wildman–Crippen LogP) is 4.95. The number of rotatable bonds is 5. The SMILES string of the molecule is Cc1ccc(F)c(NC(=O)c2cccc(NS(=O)(=O)c3ccc(Br)cc3)c2)c1. The topological polar surface area (TPSA) is 75.3 Å². The first-order valence-electron chi connectivity index (χ1n) is 8.20. The van der Waals surface area contributed by atoms with Gasteiger partial charge in [-0.1, -0.05) is 28.1 Å². The molecule has 8 heteroatoms. The van der Waals surface area contributed by atoms with Crippen molar-refractivity contribution in [3.8, 4) is 0 Å². The summed E-state index contributed by atoms with van der Waals surface area (Å²) in [5.74, 6) is -1.10. The fourth-order valence-corrected chi connectivity index (χ4v) is 3.79. The lowest BCUT2D eigenvalue weighted by molar-refractivity contribution is 0.102. The number of aryl methyl sites for hydroxylation is 1. The van der Waals surface area contributed by atoms with E-state index in [0.717, 1.165) is 10.0 Å². The zero-order valence-electron chi connectivity index (χ0n) is 14.7. The van der Waals surface area contributed by atoms with Crippen molar-refractivity contribution in [3.05, 3.63) is 88.1 Å². The molecule has 0 bridgehead atoms. The molecule has 0 heterocycles. The van der Waals surface area contributed by atoms with E-state index in [1.54, 1.807) is 31.2 Å². The van der Waals surface area contributed by atoms with Crippen molar-refractivity contribution in [3.63, 3.8) is 0 Å². The van der Waals surface area contributed by atoms with E-state index in [2.05, 4.69) is 26.0 Å². The number of sulfonamides is 1. The zero-order valence-corrected chi connectivity index (χ0v) is 17.1. The van der Waals surface area contributed by atoms with E-state index < -0.39 is 21.7 Å². The maximum atomic E-state index is 13.9. The van der Waals surface area contributed by atoms with Crippen molar-refractivity contribution in [2.45, 2.75) is 11.8 Å². The highest BCUT2D eigenvalue weighted by Crippen LogP contribution is 2.21. The van der Waals surface area contributed by atoms with Gasteiger partial charge in [0.05, 0.1) is 10.6 Å². The third-order valence-electron chi connectivity index (χ3n) is 3.87. The minimum absolute atomic E-state index is 0.0610. The lowest BCUT2D eigenvalue weighted by Crippen LogP contribution is -2.15. The second-order valence-corrected chi connectivity index (χ2v) is 8.68. The number of hydrogen-bond acceptors (Lipinski definition) is 3. The van der Waals surface area contributed by atoms with Crippen LogP contribution in [0.15, 0.2) is 76.1 Å². The van der Waals surface area contributed by atoms with E-state index in [9.17, 15) is 17.6 Å². The molecule has 28 heavy (non-hydrogen) atoms. The van der Waals surface area contributed by atoms with Crippen molar-refractivity contribution < 1.29 is 17.6 Å². The summed E-state index contributed by atoms with van der Waals surface area (Å²) in [5, 5.41) is 2.50. The number of anilines is 2. The summed E-state index contributed by atoms with van der Waals surface area (Å²) in [4.78, 5) is 12.5. The minimum Gasteiger partial charge on any atom is -0.319 e. The van der Waals surface area contributed by atoms with Crippen LogP contribution in [0.2, 0.25) is 0 Å². The number of benzene rings is 3. The van der Waals surface area contributed by atoms with Gasteiger partial charge in [0, 0.05) is 15.7 Å². The second kappa shape index (κ2) is 8.12. The molecule has 0 fully saturated rings. The fraction of sp³-hybridized carbons (Fsp3) is 0.0500. The van der Waals surface area contributed by atoms with Gasteiger partial charge in [-0.2, -0.15) is 0 Å². The molecular formula is C20H16BrFN2O3S. The molecule has 0 aromatic heterocycles. The van der Waals surface area contributed by atoms with E-state index in [4.69, 9.17) is 0 Å². The highest BCUT2D eigenvalue weighted by atomic mass is 79.9. The van der Waals surface area contributed by atoms with Crippen LogP contribution in [0.1, 0.15) is 15.9 Å². The van der Waals surface area contributed by atoms with Gasteiger partial charge in [-0.25, -0.2) is 12.8 Å². The normalized spacial score (nSPS) is 11.1. The number of nitrogens with one attached hydrogen (secondary N) is 2. The molecule has 0 spiro atoms. The summed E-state index contributed by atoms with van der Waals surface area (Å²) in [6.45, 7) is 1.78. The van der Waals surface area contributed by atoms with Crippen LogP contribution in [0.5, 0.6) is 0 Å². The van der Waals surface area contributed by atoms with Crippen LogP contribution < -0.4 is 10.0 Å². The van der Waals surface area contributed by atoms with Crippen molar-refractivity contribution in [1.29, 1.82) is 0 Å². The molecule has 5 nitrogen and oxygen atoms in total. The molecule has 0 atom stereocenters. The summed E-state index contributed by atoms with van der Waals surface area (Å²) >= 11 is 3.25. The molecule has 0 saturated carbocycles. The van der Waals surface area contributed by atoms with Crippen LogP contribution >= 0.6 is 15.9 Å². The van der Waals surface area contributed by atoms with Crippen molar-refractivity contribution in [1.82, 2.24) is 0 Å².